The molecule has 0 unspecified atom stereocenters. The van der Waals surface area contributed by atoms with Gasteiger partial charge in [0.05, 0.1) is 6.33 Å². The molecule has 144 valence electrons. The van der Waals surface area contributed by atoms with E-state index in [2.05, 4.69) is 15.2 Å². The number of piperidine rings is 1. The smallest absolute Gasteiger partial charge is 0.269 e. The molecule has 1 saturated heterocycles. The lowest BCUT2D eigenvalue weighted by atomic mass is 9.93. The molecular formula is C20H22N6O2. The molecule has 28 heavy (non-hydrogen) atoms. The Bertz CT molecular complexity index is 953. The van der Waals surface area contributed by atoms with Crippen molar-refractivity contribution in [3.8, 4) is 0 Å². The topological polar surface area (TPSA) is 110 Å². The Hall–Kier alpha value is -3.42. The van der Waals surface area contributed by atoms with Crippen molar-refractivity contribution in [3.05, 3.63) is 71.6 Å². The maximum absolute atomic E-state index is 12.8. The zero-order valence-electron chi connectivity index (χ0n) is 15.4. The summed E-state index contributed by atoms with van der Waals surface area (Å²) < 4.78 is 1.99. The predicted octanol–water partition coefficient (Wildman–Crippen LogP) is 1.77. The summed E-state index contributed by atoms with van der Waals surface area (Å²) in [6.45, 7) is 2.08. The first kappa shape index (κ1) is 18.0. The van der Waals surface area contributed by atoms with Crippen LogP contribution in [0.2, 0.25) is 0 Å². The van der Waals surface area contributed by atoms with E-state index in [9.17, 15) is 9.59 Å². The molecule has 3 N–H and O–H groups in total. The Labute approximate surface area is 162 Å². The van der Waals surface area contributed by atoms with E-state index in [0.717, 1.165) is 30.6 Å². The zero-order chi connectivity index (χ0) is 19.5. The fourth-order valence-electron chi connectivity index (χ4n) is 3.59. The average Bonchev–Trinajstić information content (AvgIpc) is 3.40. The highest BCUT2D eigenvalue weighted by atomic mass is 16.2. The maximum Gasteiger partial charge on any atom is 0.269 e. The molecule has 1 aliphatic heterocycles. The van der Waals surface area contributed by atoms with Gasteiger partial charge in [-0.05, 0) is 36.6 Å². The third kappa shape index (κ3) is 3.80. The van der Waals surface area contributed by atoms with Gasteiger partial charge in [-0.3, -0.25) is 14.7 Å². The largest absolute Gasteiger partial charge is 0.364 e. The van der Waals surface area contributed by atoms with Crippen molar-refractivity contribution in [1.29, 1.82) is 0 Å². The van der Waals surface area contributed by atoms with Crippen LogP contribution in [0, 0.1) is 0 Å². The molecule has 2 aromatic heterocycles. The number of nitrogens with one attached hydrogen (secondary N) is 1. The van der Waals surface area contributed by atoms with Crippen molar-refractivity contribution in [1.82, 2.24) is 24.6 Å². The number of nitrogens with zero attached hydrogens (tertiary/aromatic N) is 4. The molecule has 2 amide bonds. The zero-order valence-corrected chi connectivity index (χ0v) is 15.4. The van der Waals surface area contributed by atoms with E-state index >= 15 is 0 Å². The third-order valence-electron chi connectivity index (χ3n) is 5.20. The Kier molecular flexibility index (Phi) is 4.92. The molecule has 8 nitrogen and oxygen atoms in total. The van der Waals surface area contributed by atoms with Crippen LogP contribution in [0.3, 0.4) is 0 Å². The lowest BCUT2D eigenvalue weighted by molar-refractivity contribution is 0.0712. The van der Waals surface area contributed by atoms with E-state index in [1.807, 2.05) is 39.9 Å². The molecule has 0 bridgehead atoms. The van der Waals surface area contributed by atoms with Gasteiger partial charge in [0, 0.05) is 49.2 Å². The minimum absolute atomic E-state index is 0.0510. The Balaban J connectivity index is 1.35. The monoisotopic (exact) mass is 378 g/mol. The molecule has 4 rings (SSSR count). The molecular weight excluding hydrogens is 356 g/mol. The van der Waals surface area contributed by atoms with Crippen LogP contribution in [0.15, 0.2) is 49.1 Å². The van der Waals surface area contributed by atoms with E-state index in [-0.39, 0.29) is 17.5 Å². The highest BCUT2D eigenvalue weighted by Gasteiger charge is 2.26. The normalized spacial score (nSPS) is 14.9. The number of primary amides is 1. The van der Waals surface area contributed by atoms with E-state index < -0.39 is 5.91 Å². The average molecular weight is 378 g/mol. The summed E-state index contributed by atoms with van der Waals surface area (Å²) in [5.41, 5.74) is 8.24. The first-order chi connectivity index (χ1) is 13.6. The van der Waals surface area contributed by atoms with Gasteiger partial charge < -0.3 is 15.2 Å². The van der Waals surface area contributed by atoms with Gasteiger partial charge in [-0.1, -0.05) is 12.1 Å². The quantitative estimate of drug-likeness (QED) is 0.705. The highest BCUT2D eigenvalue weighted by molar-refractivity contribution is 5.94. The van der Waals surface area contributed by atoms with E-state index in [1.54, 1.807) is 18.6 Å². The first-order valence-corrected chi connectivity index (χ1v) is 9.29. The second-order valence-corrected chi connectivity index (χ2v) is 7.07. The molecule has 0 aliphatic carbocycles. The second-order valence-electron chi connectivity index (χ2n) is 7.07. The first-order valence-electron chi connectivity index (χ1n) is 9.29. The fraction of sp³-hybridized carbons (Fsp3) is 0.300. The second kappa shape index (κ2) is 7.67. The van der Waals surface area contributed by atoms with Crippen molar-refractivity contribution in [2.45, 2.75) is 25.3 Å². The van der Waals surface area contributed by atoms with Crippen LogP contribution in [0.25, 0.3) is 0 Å². The fourth-order valence-corrected chi connectivity index (χ4v) is 3.59. The van der Waals surface area contributed by atoms with Gasteiger partial charge in [-0.2, -0.15) is 5.10 Å². The molecule has 1 aromatic carbocycles. The lowest BCUT2D eigenvalue weighted by Crippen LogP contribution is -2.38. The molecule has 0 radical (unpaired) electrons. The summed E-state index contributed by atoms with van der Waals surface area (Å²) in [4.78, 5) is 29.9. The van der Waals surface area contributed by atoms with E-state index in [4.69, 9.17) is 5.73 Å². The number of H-pyrrole nitrogens is 1. The Morgan fingerprint density at radius 3 is 2.54 bits per heavy atom. The number of amides is 2. The van der Waals surface area contributed by atoms with Crippen molar-refractivity contribution < 1.29 is 9.59 Å². The Morgan fingerprint density at radius 1 is 1.18 bits per heavy atom. The number of benzene rings is 1. The van der Waals surface area contributed by atoms with E-state index in [0.29, 0.717) is 18.7 Å². The van der Waals surface area contributed by atoms with Gasteiger partial charge >= 0.3 is 0 Å². The van der Waals surface area contributed by atoms with Gasteiger partial charge in [0.2, 0.25) is 0 Å². The van der Waals surface area contributed by atoms with Gasteiger partial charge in [0.15, 0.2) is 0 Å². The molecule has 3 aromatic rings. The third-order valence-corrected chi connectivity index (χ3v) is 5.20. The number of likely N-dealkylation sites (tertiary alicyclic amines) is 1. The van der Waals surface area contributed by atoms with Crippen LogP contribution in [-0.4, -0.2) is 49.6 Å². The molecule has 0 spiro atoms. The van der Waals surface area contributed by atoms with Crippen molar-refractivity contribution >= 4 is 11.8 Å². The predicted molar refractivity (Wildman–Crippen MR) is 103 cm³/mol. The van der Waals surface area contributed by atoms with Crippen LogP contribution in [0.1, 0.15) is 50.9 Å². The summed E-state index contributed by atoms with van der Waals surface area (Å²) in [6.07, 6.45) is 7.08. The number of hydrogen-bond acceptors (Lipinski definition) is 4. The molecule has 8 heteroatoms. The summed E-state index contributed by atoms with van der Waals surface area (Å²) in [5.74, 6) is -0.233. The molecule has 1 aliphatic rings. The molecule has 0 atom stereocenters. The number of carbonyl (C=O) groups excluding carboxylic acids is 2. The lowest BCUT2D eigenvalue weighted by Gasteiger charge is -2.31. The maximum atomic E-state index is 12.8. The van der Waals surface area contributed by atoms with Gasteiger partial charge in [-0.15, -0.1) is 0 Å². The standard InChI is InChI=1S/C20H22N6O2/c21-19(27)18-11-17(23-24-18)15-5-8-26(9-6-15)20(28)16-3-1-14(2-4-16)12-25-10-7-22-13-25/h1-4,7,10-11,13,15H,5-6,8-9,12H2,(H2,21,27)(H,23,24). The van der Waals surface area contributed by atoms with Crippen LogP contribution in [0.5, 0.6) is 0 Å². The number of carbonyl (C=O) groups is 2. The highest BCUT2D eigenvalue weighted by Crippen LogP contribution is 2.27. The van der Waals surface area contributed by atoms with Crippen LogP contribution >= 0.6 is 0 Å². The van der Waals surface area contributed by atoms with Crippen LogP contribution in [-0.2, 0) is 6.54 Å². The summed E-state index contributed by atoms with van der Waals surface area (Å²) in [6, 6.07) is 9.44. The van der Waals surface area contributed by atoms with E-state index in [1.165, 1.54) is 0 Å². The summed E-state index contributed by atoms with van der Waals surface area (Å²) in [7, 11) is 0. The SMILES string of the molecule is NC(=O)c1cc(C2CCN(C(=O)c3ccc(Cn4ccnc4)cc3)CC2)[nH]n1. The van der Waals surface area contributed by atoms with Crippen LogP contribution in [0.4, 0.5) is 0 Å². The number of imidazole rings is 1. The summed E-state index contributed by atoms with van der Waals surface area (Å²) >= 11 is 0. The molecule has 1 fully saturated rings. The van der Waals surface area contributed by atoms with Gasteiger partial charge in [0.25, 0.3) is 11.8 Å². The van der Waals surface area contributed by atoms with Gasteiger partial charge in [-0.25, -0.2) is 4.98 Å². The number of aromatic amines is 1. The molecule has 0 saturated carbocycles. The molecule has 3 heterocycles. The number of rotatable bonds is 5. The van der Waals surface area contributed by atoms with Crippen molar-refractivity contribution in [2.24, 2.45) is 5.73 Å². The van der Waals surface area contributed by atoms with Crippen LogP contribution < -0.4 is 5.73 Å². The van der Waals surface area contributed by atoms with Crippen molar-refractivity contribution in [2.75, 3.05) is 13.1 Å². The minimum Gasteiger partial charge on any atom is -0.364 e. The number of hydrogen-bond donors (Lipinski definition) is 2. The number of nitrogens with two attached hydrogens (primary N) is 1. The number of aromatic nitrogens is 4. The summed E-state index contributed by atoms with van der Waals surface area (Å²) in [5, 5.41) is 6.84. The minimum atomic E-state index is -0.536. The van der Waals surface area contributed by atoms with Crippen molar-refractivity contribution in [3.63, 3.8) is 0 Å². The van der Waals surface area contributed by atoms with Gasteiger partial charge in [0.1, 0.15) is 5.69 Å². The Morgan fingerprint density at radius 2 is 1.93 bits per heavy atom.